The number of aromatic nitrogens is 2. The first-order valence-electron chi connectivity index (χ1n) is 11.2. The molecule has 5 rings (SSSR count). The van der Waals surface area contributed by atoms with Crippen LogP contribution in [0.3, 0.4) is 0 Å². The molecular formula is C26H28N4OS. The highest BCUT2D eigenvalue weighted by molar-refractivity contribution is 7.14. The van der Waals surface area contributed by atoms with Crippen LogP contribution in [-0.2, 0) is 20.0 Å². The fourth-order valence-corrected chi connectivity index (χ4v) is 5.37. The Balaban J connectivity index is 1.38. The first kappa shape index (κ1) is 20.8. The molecule has 2 aromatic heterocycles. The van der Waals surface area contributed by atoms with Gasteiger partial charge in [-0.25, -0.2) is 4.98 Å². The predicted molar refractivity (Wildman–Crippen MR) is 132 cm³/mol. The normalized spacial score (nSPS) is 13.6. The van der Waals surface area contributed by atoms with E-state index in [1.54, 1.807) is 11.3 Å². The summed E-state index contributed by atoms with van der Waals surface area (Å²) < 4.78 is 2.16. The molecule has 32 heavy (non-hydrogen) atoms. The number of hydrogen-bond acceptors (Lipinski definition) is 4. The highest BCUT2D eigenvalue weighted by atomic mass is 32.1. The second kappa shape index (κ2) is 8.43. The maximum absolute atomic E-state index is 12.5. The first-order chi connectivity index (χ1) is 15.5. The van der Waals surface area contributed by atoms with Gasteiger partial charge in [0.1, 0.15) is 5.82 Å². The van der Waals surface area contributed by atoms with Crippen LogP contribution in [0.15, 0.2) is 54.6 Å². The van der Waals surface area contributed by atoms with E-state index >= 15 is 0 Å². The molecule has 0 bridgehead atoms. The highest BCUT2D eigenvalue weighted by Crippen LogP contribution is 2.33. The van der Waals surface area contributed by atoms with Crippen molar-refractivity contribution in [1.29, 1.82) is 0 Å². The number of fused-ring (bicyclic) bond motifs is 2. The first-order valence-corrected chi connectivity index (χ1v) is 12.0. The molecule has 1 aliphatic heterocycles. The lowest BCUT2D eigenvalue weighted by Crippen LogP contribution is -2.29. The number of carbonyl (C=O) groups excluding carboxylic acids is 1. The molecule has 1 N–H and O–H groups in total. The molecule has 0 aliphatic carbocycles. The smallest absolute Gasteiger partial charge is 0.261 e. The lowest BCUT2D eigenvalue weighted by Gasteiger charge is -2.29. The SMILES string of the molecule is CC(C)CNC(=O)c1cc2c(s1)CCN(c1cccc(-c3nc4ccccc4n3C)c1)C2. The highest BCUT2D eigenvalue weighted by Gasteiger charge is 2.22. The Morgan fingerprint density at radius 2 is 2.00 bits per heavy atom. The van der Waals surface area contributed by atoms with Crippen molar-refractivity contribution in [2.75, 3.05) is 18.0 Å². The van der Waals surface area contributed by atoms with Crippen molar-refractivity contribution in [3.63, 3.8) is 0 Å². The summed E-state index contributed by atoms with van der Waals surface area (Å²) in [6, 6.07) is 19.0. The zero-order valence-electron chi connectivity index (χ0n) is 18.8. The summed E-state index contributed by atoms with van der Waals surface area (Å²) in [5.41, 5.74) is 5.73. The summed E-state index contributed by atoms with van der Waals surface area (Å²) in [6.45, 7) is 6.71. The van der Waals surface area contributed by atoms with Gasteiger partial charge >= 0.3 is 0 Å². The van der Waals surface area contributed by atoms with Crippen LogP contribution in [0.5, 0.6) is 0 Å². The molecule has 0 unspecified atom stereocenters. The van der Waals surface area contributed by atoms with E-state index in [9.17, 15) is 4.79 Å². The number of para-hydroxylation sites is 2. The number of anilines is 1. The van der Waals surface area contributed by atoms with Crippen LogP contribution in [0, 0.1) is 5.92 Å². The number of aryl methyl sites for hydroxylation is 1. The van der Waals surface area contributed by atoms with E-state index in [0.29, 0.717) is 12.5 Å². The second-order valence-electron chi connectivity index (χ2n) is 8.87. The molecule has 0 fully saturated rings. The Hall–Kier alpha value is -3.12. The molecule has 3 heterocycles. The van der Waals surface area contributed by atoms with E-state index in [0.717, 1.165) is 46.8 Å². The van der Waals surface area contributed by atoms with Gasteiger partial charge < -0.3 is 14.8 Å². The maximum Gasteiger partial charge on any atom is 0.261 e. The maximum atomic E-state index is 12.5. The largest absolute Gasteiger partial charge is 0.367 e. The van der Waals surface area contributed by atoms with Crippen molar-refractivity contribution in [3.05, 3.63) is 69.9 Å². The van der Waals surface area contributed by atoms with Crippen molar-refractivity contribution in [2.24, 2.45) is 13.0 Å². The van der Waals surface area contributed by atoms with Crippen LogP contribution in [0.4, 0.5) is 5.69 Å². The van der Waals surface area contributed by atoms with E-state index in [4.69, 9.17) is 4.98 Å². The molecule has 0 saturated carbocycles. The second-order valence-corrected chi connectivity index (χ2v) is 10.0. The van der Waals surface area contributed by atoms with Gasteiger partial charge in [-0.15, -0.1) is 11.3 Å². The van der Waals surface area contributed by atoms with Gasteiger partial charge in [0.25, 0.3) is 5.91 Å². The summed E-state index contributed by atoms with van der Waals surface area (Å²) in [5, 5.41) is 3.04. The average molecular weight is 445 g/mol. The Kier molecular flexibility index (Phi) is 5.47. The van der Waals surface area contributed by atoms with Gasteiger partial charge in [-0.1, -0.05) is 38.1 Å². The number of imidazole rings is 1. The summed E-state index contributed by atoms with van der Waals surface area (Å²) in [5.74, 6) is 1.48. The molecule has 4 aromatic rings. The quantitative estimate of drug-likeness (QED) is 0.457. The zero-order valence-corrected chi connectivity index (χ0v) is 19.6. The molecule has 0 spiro atoms. The summed E-state index contributed by atoms with van der Waals surface area (Å²) in [7, 11) is 2.07. The number of hydrogen-bond donors (Lipinski definition) is 1. The van der Waals surface area contributed by atoms with E-state index < -0.39 is 0 Å². The molecular weight excluding hydrogens is 416 g/mol. The van der Waals surface area contributed by atoms with Crippen LogP contribution in [-0.4, -0.2) is 28.5 Å². The predicted octanol–water partition coefficient (Wildman–Crippen LogP) is 5.25. The van der Waals surface area contributed by atoms with Crippen LogP contribution in [0.25, 0.3) is 22.4 Å². The number of nitrogens with zero attached hydrogens (tertiary/aromatic N) is 3. The Bertz CT molecular complexity index is 1290. The summed E-state index contributed by atoms with van der Waals surface area (Å²) in [6.07, 6.45) is 0.966. The Morgan fingerprint density at radius 1 is 1.16 bits per heavy atom. The van der Waals surface area contributed by atoms with Gasteiger partial charge in [0.2, 0.25) is 0 Å². The van der Waals surface area contributed by atoms with Crippen molar-refractivity contribution in [2.45, 2.75) is 26.8 Å². The molecule has 0 atom stereocenters. The standard InChI is InChI=1S/C26H28N4OS/c1-17(2)15-27-26(31)24-14-19-16-30(12-11-23(19)32-24)20-8-6-7-18(13-20)25-28-21-9-4-5-10-22(21)29(25)3/h4-10,13-14,17H,11-12,15-16H2,1-3H3,(H,27,31). The minimum atomic E-state index is 0.0495. The lowest BCUT2D eigenvalue weighted by molar-refractivity contribution is 0.0953. The molecule has 0 saturated heterocycles. The fourth-order valence-electron chi connectivity index (χ4n) is 4.29. The average Bonchev–Trinajstić information content (AvgIpc) is 3.38. The molecule has 6 heteroatoms. The number of nitrogens with one attached hydrogen (secondary N) is 1. The van der Waals surface area contributed by atoms with Crippen LogP contribution >= 0.6 is 11.3 Å². The monoisotopic (exact) mass is 444 g/mol. The molecule has 0 radical (unpaired) electrons. The molecule has 5 nitrogen and oxygen atoms in total. The van der Waals surface area contributed by atoms with Gasteiger partial charge in [0.15, 0.2) is 0 Å². The third-order valence-corrected chi connectivity index (χ3v) is 7.25. The molecule has 2 aromatic carbocycles. The van der Waals surface area contributed by atoms with Crippen molar-refractivity contribution < 1.29 is 4.79 Å². The fraction of sp³-hybridized carbons (Fsp3) is 0.308. The van der Waals surface area contributed by atoms with Gasteiger partial charge in [0, 0.05) is 42.8 Å². The molecule has 1 aliphatic rings. The van der Waals surface area contributed by atoms with E-state index in [1.165, 1.54) is 16.1 Å². The Labute approximate surface area is 192 Å². The van der Waals surface area contributed by atoms with Gasteiger partial charge in [-0.05, 0) is 48.2 Å². The van der Waals surface area contributed by atoms with Crippen molar-refractivity contribution >= 4 is 34.0 Å². The summed E-state index contributed by atoms with van der Waals surface area (Å²) >= 11 is 1.64. The van der Waals surface area contributed by atoms with Crippen LogP contribution in [0.2, 0.25) is 0 Å². The van der Waals surface area contributed by atoms with E-state index in [-0.39, 0.29) is 5.91 Å². The van der Waals surface area contributed by atoms with Crippen LogP contribution in [0.1, 0.15) is 34.0 Å². The Morgan fingerprint density at radius 3 is 2.81 bits per heavy atom. The third-order valence-electron chi connectivity index (χ3n) is 6.02. The topological polar surface area (TPSA) is 50.2 Å². The molecule has 1 amide bonds. The minimum Gasteiger partial charge on any atom is -0.367 e. The number of carbonyl (C=O) groups is 1. The number of benzene rings is 2. The number of rotatable bonds is 5. The third kappa shape index (κ3) is 3.91. The van der Waals surface area contributed by atoms with Crippen LogP contribution < -0.4 is 10.2 Å². The summed E-state index contributed by atoms with van der Waals surface area (Å²) in [4.78, 5) is 21.9. The minimum absolute atomic E-state index is 0.0495. The number of thiophene rings is 1. The lowest BCUT2D eigenvalue weighted by atomic mass is 10.1. The molecule has 164 valence electrons. The van der Waals surface area contributed by atoms with Crippen molar-refractivity contribution in [3.8, 4) is 11.4 Å². The van der Waals surface area contributed by atoms with E-state index in [1.807, 2.05) is 12.1 Å². The van der Waals surface area contributed by atoms with Gasteiger partial charge in [-0.3, -0.25) is 4.79 Å². The zero-order chi connectivity index (χ0) is 22.2. The van der Waals surface area contributed by atoms with Crippen molar-refractivity contribution in [1.82, 2.24) is 14.9 Å². The number of amides is 1. The van der Waals surface area contributed by atoms with E-state index in [2.05, 4.69) is 78.1 Å². The van der Waals surface area contributed by atoms with Gasteiger partial charge in [-0.2, -0.15) is 0 Å². The van der Waals surface area contributed by atoms with Gasteiger partial charge in [0.05, 0.1) is 15.9 Å².